The van der Waals surface area contributed by atoms with E-state index < -0.39 is 5.41 Å². The summed E-state index contributed by atoms with van der Waals surface area (Å²) in [5.41, 5.74) is 7.29. The molecule has 0 aromatic heterocycles. The van der Waals surface area contributed by atoms with Crippen LogP contribution >= 0.6 is 0 Å². The second-order valence-corrected chi connectivity index (χ2v) is 5.79. The first-order valence-electron chi connectivity index (χ1n) is 7.67. The quantitative estimate of drug-likeness (QED) is 0.247. The summed E-state index contributed by atoms with van der Waals surface area (Å²) >= 11 is 0. The van der Waals surface area contributed by atoms with Crippen molar-refractivity contribution in [2.75, 3.05) is 26.8 Å². The average Bonchev–Trinajstić information content (AvgIpc) is 2.97. The minimum absolute atomic E-state index is 0.0250. The summed E-state index contributed by atoms with van der Waals surface area (Å²) in [5, 5.41) is 3.51. The molecular weight excluding hydrogens is 284 g/mol. The molecule has 2 aliphatic rings. The number of rotatable bonds is 6. The second-order valence-electron chi connectivity index (χ2n) is 5.79. The fraction of sp³-hybridized carbons (Fsp3) is 0.733. The molecule has 0 spiro atoms. The molecule has 0 saturated carbocycles. The molecular formula is C15H22N4O3. The van der Waals surface area contributed by atoms with Crippen molar-refractivity contribution in [3.8, 4) is 0 Å². The predicted octanol–water partition coefficient (Wildman–Crippen LogP) is 2.23. The fourth-order valence-corrected chi connectivity index (χ4v) is 3.33. The molecule has 22 heavy (non-hydrogen) atoms. The smallest absolute Gasteiger partial charge is 0.240 e. The van der Waals surface area contributed by atoms with Gasteiger partial charge in [-0.3, -0.25) is 9.59 Å². The van der Waals surface area contributed by atoms with E-state index in [1.165, 1.54) is 0 Å². The van der Waals surface area contributed by atoms with Gasteiger partial charge in [0, 0.05) is 31.5 Å². The van der Waals surface area contributed by atoms with Crippen LogP contribution in [0, 0.1) is 5.41 Å². The number of ketones is 1. The van der Waals surface area contributed by atoms with Crippen LogP contribution in [-0.4, -0.2) is 49.4 Å². The lowest BCUT2D eigenvalue weighted by molar-refractivity contribution is -0.148. The lowest BCUT2D eigenvalue weighted by Crippen LogP contribution is -2.51. The number of azide groups is 1. The standard InChI is InChI=1S/C15H22N4O3/c1-22-11-12-5-4-10-19(12)14(21)15(8-9-17-18-16)7-3-2-6-13(15)20/h3,7,12H,2,4-6,8-11H2,1H3/t12-,15-/m0/s1. The average molecular weight is 306 g/mol. The van der Waals surface area contributed by atoms with E-state index >= 15 is 0 Å². The maximum atomic E-state index is 13.1. The van der Waals surface area contributed by atoms with E-state index in [0.29, 0.717) is 26.0 Å². The van der Waals surface area contributed by atoms with E-state index in [-0.39, 0.29) is 30.7 Å². The summed E-state index contributed by atoms with van der Waals surface area (Å²) in [5.74, 6) is -0.239. The van der Waals surface area contributed by atoms with E-state index in [4.69, 9.17) is 10.3 Å². The number of Topliss-reactive ketones (excluding diaryl/α,β-unsaturated/α-hetero) is 1. The molecule has 2 rings (SSSR count). The summed E-state index contributed by atoms with van der Waals surface area (Å²) in [6.45, 7) is 1.27. The molecule has 7 nitrogen and oxygen atoms in total. The van der Waals surface area contributed by atoms with Gasteiger partial charge in [-0.1, -0.05) is 17.3 Å². The number of allylic oxidation sites excluding steroid dienone is 1. The third kappa shape index (κ3) is 3.15. The van der Waals surface area contributed by atoms with E-state index in [0.717, 1.165) is 12.8 Å². The number of carbonyl (C=O) groups is 2. The van der Waals surface area contributed by atoms with Gasteiger partial charge in [0.15, 0.2) is 5.78 Å². The number of methoxy groups -OCH3 is 1. The monoisotopic (exact) mass is 306 g/mol. The second kappa shape index (κ2) is 7.42. The molecule has 1 heterocycles. The van der Waals surface area contributed by atoms with Crippen LogP contribution in [0.1, 0.15) is 32.1 Å². The van der Waals surface area contributed by atoms with E-state index in [2.05, 4.69) is 10.0 Å². The van der Waals surface area contributed by atoms with Gasteiger partial charge in [-0.15, -0.1) is 0 Å². The lowest BCUT2D eigenvalue weighted by atomic mass is 9.74. The van der Waals surface area contributed by atoms with Gasteiger partial charge in [-0.25, -0.2) is 0 Å². The zero-order valence-electron chi connectivity index (χ0n) is 12.9. The Morgan fingerprint density at radius 3 is 3.14 bits per heavy atom. The zero-order chi connectivity index (χ0) is 16.0. The Morgan fingerprint density at radius 2 is 2.45 bits per heavy atom. The number of hydrogen-bond acceptors (Lipinski definition) is 4. The lowest BCUT2D eigenvalue weighted by Gasteiger charge is -2.36. The summed E-state index contributed by atoms with van der Waals surface area (Å²) < 4.78 is 5.19. The number of likely N-dealkylation sites (tertiary alicyclic amines) is 1. The summed E-state index contributed by atoms with van der Waals surface area (Å²) in [7, 11) is 1.62. The van der Waals surface area contributed by atoms with Crippen molar-refractivity contribution in [1.29, 1.82) is 0 Å². The normalized spacial score (nSPS) is 27.8. The molecule has 0 unspecified atom stereocenters. The van der Waals surface area contributed by atoms with Gasteiger partial charge in [-0.2, -0.15) is 0 Å². The van der Waals surface area contributed by atoms with Gasteiger partial charge in [0.1, 0.15) is 5.41 Å². The SMILES string of the molecule is COC[C@@H]1CCCN1C(=O)[C@]1(CCN=[N+]=[N-])C=CCCC1=O. The van der Waals surface area contributed by atoms with Crippen molar-refractivity contribution in [1.82, 2.24) is 4.90 Å². The largest absolute Gasteiger partial charge is 0.383 e. The molecule has 1 saturated heterocycles. The molecule has 1 aliphatic heterocycles. The van der Waals surface area contributed by atoms with Crippen molar-refractivity contribution in [3.05, 3.63) is 22.6 Å². The molecule has 2 atom stereocenters. The van der Waals surface area contributed by atoms with Crippen LogP contribution in [-0.2, 0) is 14.3 Å². The van der Waals surface area contributed by atoms with E-state index in [1.807, 2.05) is 6.08 Å². The van der Waals surface area contributed by atoms with Crippen molar-refractivity contribution in [3.63, 3.8) is 0 Å². The molecule has 1 aliphatic carbocycles. The summed E-state index contributed by atoms with van der Waals surface area (Å²) in [4.78, 5) is 30.1. The van der Waals surface area contributed by atoms with Gasteiger partial charge in [0.05, 0.1) is 12.6 Å². The molecule has 0 N–H and O–H groups in total. The zero-order valence-corrected chi connectivity index (χ0v) is 12.9. The molecule has 0 radical (unpaired) electrons. The van der Waals surface area contributed by atoms with Crippen LogP contribution in [0.25, 0.3) is 10.4 Å². The van der Waals surface area contributed by atoms with Gasteiger partial charge in [-0.05, 0) is 31.2 Å². The molecule has 1 amide bonds. The summed E-state index contributed by atoms with van der Waals surface area (Å²) in [6.07, 6.45) is 6.68. The van der Waals surface area contributed by atoms with Crippen molar-refractivity contribution >= 4 is 11.7 Å². The van der Waals surface area contributed by atoms with Crippen LogP contribution in [0.5, 0.6) is 0 Å². The third-order valence-corrected chi connectivity index (χ3v) is 4.49. The van der Waals surface area contributed by atoms with Crippen molar-refractivity contribution in [2.45, 2.75) is 38.1 Å². The molecule has 120 valence electrons. The minimum atomic E-state index is -1.16. The Bertz CT molecular complexity index is 513. The van der Waals surface area contributed by atoms with Gasteiger partial charge >= 0.3 is 0 Å². The first-order valence-corrected chi connectivity index (χ1v) is 7.67. The van der Waals surface area contributed by atoms with Gasteiger partial charge in [0.25, 0.3) is 0 Å². The fourth-order valence-electron chi connectivity index (χ4n) is 3.33. The highest BCUT2D eigenvalue weighted by Crippen LogP contribution is 2.36. The van der Waals surface area contributed by atoms with Crippen LogP contribution in [0.4, 0.5) is 0 Å². The number of hydrogen-bond donors (Lipinski definition) is 0. The highest BCUT2D eigenvalue weighted by molar-refractivity contribution is 6.08. The molecule has 1 fully saturated rings. The highest BCUT2D eigenvalue weighted by Gasteiger charge is 2.47. The van der Waals surface area contributed by atoms with Crippen LogP contribution < -0.4 is 0 Å². The Morgan fingerprint density at radius 1 is 1.64 bits per heavy atom. The Labute approximate surface area is 129 Å². The third-order valence-electron chi connectivity index (χ3n) is 4.49. The van der Waals surface area contributed by atoms with Crippen LogP contribution in [0.2, 0.25) is 0 Å². The number of ether oxygens (including phenoxy) is 1. The van der Waals surface area contributed by atoms with Gasteiger partial charge < -0.3 is 9.64 Å². The first-order chi connectivity index (χ1) is 10.7. The summed E-state index contributed by atoms with van der Waals surface area (Å²) in [6, 6.07) is 0.0250. The Hall–Kier alpha value is -1.85. The number of carbonyl (C=O) groups excluding carboxylic acids is 2. The van der Waals surface area contributed by atoms with Gasteiger partial charge in [0.2, 0.25) is 5.91 Å². The maximum absolute atomic E-state index is 13.1. The Balaban J connectivity index is 2.25. The topological polar surface area (TPSA) is 95.4 Å². The van der Waals surface area contributed by atoms with Crippen molar-refractivity contribution in [2.24, 2.45) is 10.5 Å². The maximum Gasteiger partial charge on any atom is 0.240 e. The van der Waals surface area contributed by atoms with E-state index in [9.17, 15) is 9.59 Å². The number of nitrogens with zero attached hydrogens (tertiary/aromatic N) is 4. The Kier molecular flexibility index (Phi) is 5.57. The van der Waals surface area contributed by atoms with Crippen LogP contribution in [0.15, 0.2) is 17.3 Å². The van der Waals surface area contributed by atoms with Crippen molar-refractivity contribution < 1.29 is 14.3 Å². The number of amides is 1. The predicted molar refractivity (Wildman–Crippen MR) is 81.1 cm³/mol. The molecule has 0 aromatic carbocycles. The first kappa shape index (κ1) is 16.5. The molecule has 7 heteroatoms. The molecule has 0 aromatic rings. The minimum Gasteiger partial charge on any atom is -0.383 e. The highest BCUT2D eigenvalue weighted by atomic mass is 16.5. The van der Waals surface area contributed by atoms with Crippen LogP contribution in [0.3, 0.4) is 0 Å². The van der Waals surface area contributed by atoms with E-state index in [1.54, 1.807) is 18.1 Å². The molecule has 0 bridgehead atoms.